The van der Waals surface area contributed by atoms with Gasteiger partial charge in [-0.15, -0.1) is 0 Å². The molecular formula is C84H68MoO20. The number of carboxylic acids is 4. The third kappa shape index (κ3) is 17.8. The molecule has 0 amide bonds. The summed E-state index contributed by atoms with van der Waals surface area (Å²) in [6, 6.07) is 15.8. The van der Waals surface area contributed by atoms with Crippen molar-refractivity contribution >= 4 is 95.2 Å². The number of carbonyl (C=O) groups is 4. The number of hydrogen-bond donors (Lipinski definition) is 0. The SMILES string of the molecule is CC1=C(C(=O)[O-])C(=C=O)C(=C=O)C(Cc2c(C)cc(C)cc2C)C1=C=O.CC1=C(C(=O)[O-])C(=C=O)C(=C=O)C(Cc2c(C)cc(C)cc2C)C1=C=O.CC1=C(C(=O)[O-])C(=C=O)C(=C=O)C(Cc2c(C)cc(C)cc2C)C1=C=O.CC1=C(C(=O)[O-])C(=C=O)C(=C=O)C(Cc2c(C)cc(C)cc2C)C1=C=O.[Mo+4]. The molecule has 530 valence electrons. The molecule has 4 aliphatic rings. The molecule has 0 saturated carbocycles. The van der Waals surface area contributed by atoms with Crippen LogP contribution in [0.4, 0.5) is 0 Å². The second kappa shape index (κ2) is 36.6. The van der Waals surface area contributed by atoms with Gasteiger partial charge in [-0.2, -0.15) is 0 Å². The third-order valence-corrected chi connectivity index (χ3v) is 19.1. The van der Waals surface area contributed by atoms with Crippen LogP contribution in [-0.2, 0) is 123 Å². The van der Waals surface area contributed by atoms with Crippen molar-refractivity contribution in [3.63, 3.8) is 0 Å². The van der Waals surface area contributed by atoms with Gasteiger partial charge in [-0.1, -0.05) is 70.8 Å². The van der Waals surface area contributed by atoms with Gasteiger partial charge in [-0.25, -0.2) is 57.5 Å². The Morgan fingerprint density at radius 3 is 0.486 bits per heavy atom. The molecule has 0 spiro atoms. The van der Waals surface area contributed by atoms with Crippen LogP contribution in [0.5, 0.6) is 0 Å². The van der Waals surface area contributed by atoms with Crippen molar-refractivity contribution in [3.8, 4) is 0 Å². The van der Waals surface area contributed by atoms with E-state index in [0.717, 1.165) is 89.0 Å². The molecule has 4 unspecified atom stereocenters. The summed E-state index contributed by atoms with van der Waals surface area (Å²) in [4.78, 5) is 184. The molecule has 0 bridgehead atoms. The van der Waals surface area contributed by atoms with Crippen LogP contribution in [0.2, 0.25) is 0 Å². The molecule has 21 heteroatoms. The van der Waals surface area contributed by atoms with Crippen LogP contribution in [0.15, 0.2) is 160 Å². The van der Waals surface area contributed by atoms with Crippen LogP contribution < -0.4 is 20.4 Å². The van der Waals surface area contributed by atoms with Gasteiger partial charge in [0.1, 0.15) is 71.3 Å². The van der Waals surface area contributed by atoms with Crippen LogP contribution >= 0.6 is 0 Å². The smallest absolute Gasteiger partial charge is 0.545 e. The van der Waals surface area contributed by atoms with Gasteiger partial charge in [-0.3, -0.25) is 0 Å². The fraction of sp³-hybridized carbons (Fsp3) is 0.286. The van der Waals surface area contributed by atoms with Crippen molar-refractivity contribution in [1.29, 1.82) is 0 Å². The first kappa shape index (κ1) is 85.2. The Kier molecular flexibility index (Phi) is 29.7. The summed E-state index contributed by atoms with van der Waals surface area (Å²) in [5, 5.41) is 45.7. The Labute approximate surface area is 619 Å². The Morgan fingerprint density at radius 1 is 0.248 bits per heavy atom. The second-order valence-electron chi connectivity index (χ2n) is 25.7. The summed E-state index contributed by atoms with van der Waals surface area (Å²) in [6.45, 7) is 28.8. The molecule has 0 aliphatic heterocycles. The molecule has 4 atom stereocenters. The van der Waals surface area contributed by atoms with E-state index >= 15 is 0 Å². The molecule has 8 rings (SSSR count). The van der Waals surface area contributed by atoms with Crippen LogP contribution in [0.25, 0.3) is 0 Å². The zero-order valence-electron chi connectivity index (χ0n) is 60.3. The van der Waals surface area contributed by atoms with E-state index < -0.39 is 92.1 Å². The summed E-state index contributed by atoms with van der Waals surface area (Å²) in [5.41, 5.74) is 11.5. The largest absolute Gasteiger partial charge is 4.00 e. The van der Waals surface area contributed by atoms with Crippen LogP contribution in [0, 0.1) is 107 Å². The minimum atomic E-state index is -1.65. The maximum atomic E-state index is 11.6. The second-order valence-corrected chi connectivity index (χ2v) is 25.7. The van der Waals surface area contributed by atoms with E-state index in [1.165, 1.54) is 51.5 Å². The number of aliphatic carboxylic acids is 4. The van der Waals surface area contributed by atoms with Crippen molar-refractivity contribution in [3.05, 3.63) is 249 Å². The summed E-state index contributed by atoms with van der Waals surface area (Å²) >= 11 is 0. The normalized spacial score (nSPS) is 16.8. The number of allylic oxidation sites excluding steroid dienone is 12. The summed E-state index contributed by atoms with van der Waals surface area (Å²) in [6.07, 6.45) is 0.984. The summed E-state index contributed by atoms with van der Waals surface area (Å²) < 4.78 is 0. The minimum Gasteiger partial charge on any atom is -0.545 e. The van der Waals surface area contributed by atoms with Gasteiger partial charge < -0.3 is 39.6 Å². The molecule has 4 aliphatic carbocycles. The average Bonchev–Trinajstić information content (AvgIpc) is 0.782. The molecule has 4 aromatic rings. The number of carbonyl (C=O) groups excluding carboxylic acids is 16. The molecule has 0 N–H and O–H groups in total. The Hall–Kier alpha value is -12.2. The fourth-order valence-corrected chi connectivity index (χ4v) is 14.4. The molecule has 105 heavy (non-hydrogen) atoms. The third-order valence-electron chi connectivity index (χ3n) is 19.1. The van der Waals surface area contributed by atoms with Crippen molar-refractivity contribution in [1.82, 2.24) is 0 Å². The molecule has 20 nitrogen and oxygen atoms in total. The predicted octanol–water partition coefficient (Wildman–Crippen LogP) is 4.50. The first-order valence-corrected chi connectivity index (χ1v) is 32.1. The summed E-state index contributed by atoms with van der Waals surface area (Å²) in [7, 11) is 0. The molecule has 0 radical (unpaired) electrons. The topological polar surface area (TPSA) is 365 Å². The number of rotatable bonds is 12. The zero-order valence-corrected chi connectivity index (χ0v) is 62.3. The molecular weight excluding hydrogens is 1420 g/mol. The van der Waals surface area contributed by atoms with Crippen molar-refractivity contribution in [2.45, 2.75) is 136 Å². The number of benzene rings is 4. The fourth-order valence-electron chi connectivity index (χ4n) is 14.4. The average molecular weight is 1490 g/mol. The van der Waals surface area contributed by atoms with Gasteiger partial charge in [0.2, 0.25) is 0 Å². The van der Waals surface area contributed by atoms with E-state index in [-0.39, 0.29) is 114 Å². The molecule has 0 heterocycles. The van der Waals surface area contributed by atoms with E-state index in [1.807, 2.05) is 132 Å². The van der Waals surface area contributed by atoms with E-state index in [4.69, 9.17) is 0 Å². The monoisotopic (exact) mass is 1490 g/mol. The zero-order chi connectivity index (χ0) is 78.4. The maximum absolute atomic E-state index is 11.6. The van der Waals surface area contributed by atoms with Gasteiger partial charge in [0.15, 0.2) is 0 Å². The van der Waals surface area contributed by atoms with Crippen molar-refractivity contribution in [2.75, 3.05) is 0 Å². The van der Waals surface area contributed by atoms with E-state index in [0.29, 0.717) is 0 Å². The predicted molar refractivity (Wildman–Crippen MR) is 373 cm³/mol. The first-order valence-electron chi connectivity index (χ1n) is 32.1. The van der Waals surface area contributed by atoms with Gasteiger partial charge in [-0.05, 0) is 226 Å². The Balaban J connectivity index is 0.000000295. The molecule has 0 aromatic heterocycles. The van der Waals surface area contributed by atoms with Crippen molar-refractivity contribution < 1.29 is 118 Å². The van der Waals surface area contributed by atoms with Gasteiger partial charge >= 0.3 is 21.1 Å². The number of hydrogen-bond acceptors (Lipinski definition) is 20. The maximum Gasteiger partial charge on any atom is 4.00 e. The minimum absolute atomic E-state index is 0. The van der Waals surface area contributed by atoms with Crippen LogP contribution in [0.1, 0.15) is 117 Å². The Bertz CT molecular complexity index is 4530. The van der Waals surface area contributed by atoms with Crippen LogP contribution in [-0.4, -0.2) is 95.2 Å². The quantitative estimate of drug-likeness (QED) is 0.139. The molecule has 0 saturated heterocycles. The Morgan fingerprint density at radius 2 is 0.381 bits per heavy atom. The standard InChI is InChI=1S/4C21H18O5.Mo/c4*1-11-5-12(2)15(13(3)6-11)7-16-17(8-22)14(4)20(21(25)26)19(10-24)18(16)9-23;/h4*5-6,16H,7H2,1-4H3,(H,25,26);/q;;;;+4/p-4. The van der Waals surface area contributed by atoms with Crippen LogP contribution in [0.3, 0.4) is 0 Å². The van der Waals surface area contributed by atoms with Gasteiger partial charge in [0.05, 0.1) is 68.5 Å². The number of aryl methyl sites for hydroxylation is 12. The van der Waals surface area contributed by atoms with Gasteiger partial charge in [0, 0.05) is 68.3 Å². The van der Waals surface area contributed by atoms with E-state index in [2.05, 4.69) is 0 Å². The molecule has 4 aromatic carbocycles. The number of carboxylic acid groups (broad SMARTS) is 4. The van der Waals surface area contributed by atoms with E-state index in [9.17, 15) is 97.1 Å². The van der Waals surface area contributed by atoms with Gasteiger partial charge in [0.25, 0.3) is 0 Å². The summed E-state index contributed by atoms with van der Waals surface area (Å²) in [5.74, 6) is 9.70. The van der Waals surface area contributed by atoms with E-state index in [1.54, 1.807) is 47.5 Å². The van der Waals surface area contributed by atoms with Crippen molar-refractivity contribution in [2.24, 2.45) is 23.7 Å². The molecule has 0 fully saturated rings. The first-order chi connectivity index (χ1) is 49.0.